The van der Waals surface area contributed by atoms with Crippen molar-refractivity contribution in [3.63, 3.8) is 0 Å². The van der Waals surface area contributed by atoms with Gasteiger partial charge in [0.05, 0.1) is 0 Å². The summed E-state index contributed by atoms with van der Waals surface area (Å²) in [7, 11) is 0. The first-order valence-corrected chi connectivity index (χ1v) is 10.1. The van der Waals surface area contributed by atoms with E-state index in [-0.39, 0.29) is 22.9 Å². The number of anilines is 1. The van der Waals surface area contributed by atoms with Gasteiger partial charge in [0.15, 0.2) is 11.5 Å². The zero-order valence-corrected chi connectivity index (χ0v) is 16.8. The van der Waals surface area contributed by atoms with Crippen LogP contribution in [0.25, 0.3) is 0 Å². The smallest absolute Gasteiger partial charge is 0.276 e. The molecule has 30 heavy (non-hydrogen) atoms. The summed E-state index contributed by atoms with van der Waals surface area (Å²) in [5.41, 5.74) is 0.0642. The molecule has 1 spiro atoms. The van der Waals surface area contributed by atoms with Crippen LogP contribution >= 0.6 is 0 Å². The van der Waals surface area contributed by atoms with E-state index >= 15 is 0 Å². The van der Waals surface area contributed by atoms with Gasteiger partial charge in [-0.15, -0.1) is 0 Å². The first-order chi connectivity index (χ1) is 14.3. The van der Waals surface area contributed by atoms with Crippen LogP contribution in [-0.4, -0.2) is 76.8 Å². The molecule has 2 aliphatic heterocycles. The maximum atomic E-state index is 13.7. The zero-order valence-electron chi connectivity index (χ0n) is 16.8. The van der Waals surface area contributed by atoms with E-state index < -0.39 is 11.8 Å². The summed E-state index contributed by atoms with van der Waals surface area (Å²) in [6, 6.07) is 0. The Balaban J connectivity index is 1.38. The Morgan fingerprint density at radius 2 is 1.70 bits per heavy atom. The number of aromatic nitrogens is 2. The molecule has 160 valence electrons. The van der Waals surface area contributed by atoms with E-state index in [1.54, 1.807) is 16.0 Å². The van der Waals surface area contributed by atoms with Crippen LogP contribution in [0.5, 0.6) is 0 Å². The molecule has 0 radical (unpaired) electrons. The number of rotatable bonds is 5. The van der Waals surface area contributed by atoms with Gasteiger partial charge in [-0.3, -0.25) is 9.59 Å². The first-order valence-electron chi connectivity index (χ1n) is 10.1. The lowest BCUT2D eigenvalue weighted by Crippen LogP contribution is -2.65. The third kappa shape index (κ3) is 3.46. The maximum Gasteiger partial charge on any atom is 0.276 e. The normalized spacial score (nSPS) is 21.1. The van der Waals surface area contributed by atoms with Gasteiger partial charge >= 0.3 is 0 Å². The van der Waals surface area contributed by atoms with Gasteiger partial charge in [-0.05, 0) is 25.0 Å². The topological polar surface area (TPSA) is 69.6 Å². The molecule has 1 saturated carbocycles. The molecule has 0 unspecified atom stereocenters. The molecule has 3 aliphatic rings. The fourth-order valence-electron chi connectivity index (χ4n) is 4.72. The van der Waals surface area contributed by atoms with Gasteiger partial charge in [0, 0.05) is 63.0 Å². The van der Waals surface area contributed by atoms with E-state index in [9.17, 15) is 18.4 Å². The van der Waals surface area contributed by atoms with Crippen LogP contribution < -0.4 is 4.90 Å². The third-order valence-electron chi connectivity index (χ3n) is 6.46. The highest BCUT2D eigenvalue weighted by atomic mass is 19.3. The monoisotopic (exact) mass is 417 g/mol. The van der Waals surface area contributed by atoms with E-state index in [0.717, 1.165) is 6.08 Å². The molecule has 4 rings (SSSR count). The van der Waals surface area contributed by atoms with E-state index in [0.29, 0.717) is 57.9 Å². The van der Waals surface area contributed by atoms with Crippen molar-refractivity contribution in [2.45, 2.75) is 18.8 Å². The molecule has 1 aliphatic carbocycles. The van der Waals surface area contributed by atoms with Gasteiger partial charge in [0.2, 0.25) is 5.91 Å². The molecule has 3 heterocycles. The molecule has 0 N–H and O–H groups in total. The number of alkyl halides is 2. The predicted molar refractivity (Wildman–Crippen MR) is 107 cm³/mol. The molecular weight excluding hydrogens is 392 g/mol. The van der Waals surface area contributed by atoms with Crippen LogP contribution in [0.15, 0.2) is 37.7 Å². The summed E-state index contributed by atoms with van der Waals surface area (Å²) >= 11 is 0. The van der Waals surface area contributed by atoms with E-state index in [1.165, 1.54) is 12.3 Å². The number of carbonyl (C=O) groups is 2. The number of likely N-dealkylation sites (tertiary alicyclic amines) is 1. The second-order valence-corrected chi connectivity index (χ2v) is 8.39. The number of hydrogen-bond donors (Lipinski definition) is 0. The van der Waals surface area contributed by atoms with Crippen LogP contribution in [0.3, 0.4) is 0 Å². The van der Waals surface area contributed by atoms with E-state index in [1.807, 2.05) is 4.90 Å². The summed E-state index contributed by atoms with van der Waals surface area (Å²) < 4.78 is 27.5. The number of allylic oxidation sites excluding steroid dienone is 1. The number of amides is 2. The van der Waals surface area contributed by atoms with Gasteiger partial charge in [0.25, 0.3) is 11.8 Å². The van der Waals surface area contributed by atoms with Gasteiger partial charge in [-0.25, -0.2) is 18.7 Å². The summed E-state index contributed by atoms with van der Waals surface area (Å²) in [6.45, 7) is 9.78. The highest BCUT2D eigenvalue weighted by Crippen LogP contribution is 2.57. The standard InChI is InChI=1S/C21H25F2N5O2/c1-3-16(29)26-7-9-27(10-8-26)18-17(24-5-6-25-18)19(30)28-13-20(14-28)11-15(12-20)21(22,23)4-2/h3-6,15H,1-2,7-14H2. The Bertz CT molecular complexity index is 868. The SMILES string of the molecule is C=CC(=O)N1CCN(c2nccnc2C(=O)N2CC3(CC(C(F)(F)C=C)C3)C2)CC1. The molecule has 7 nitrogen and oxygen atoms in total. The Morgan fingerprint density at radius 1 is 1.07 bits per heavy atom. The van der Waals surface area contributed by atoms with Crippen molar-refractivity contribution in [1.29, 1.82) is 0 Å². The third-order valence-corrected chi connectivity index (χ3v) is 6.46. The van der Waals surface area contributed by atoms with Crippen molar-refractivity contribution in [2.24, 2.45) is 11.3 Å². The lowest BCUT2D eigenvalue weighted by molar-refractivity contribution is -0.150. The molecule has 1 aromatic heterocycles. The minimum absolute atomic E-state index is 0.114. The average Bonchev–Trinajstić information content (AvgIpc) is 2.71. The fraction of sp³-hybridized carbons (Fsp3) is 0.524. The van der Waals surface area contributed by atoms with E-state index in [4.69, 9.17) is 0 Å². The van der Waals surface area contributed by atoms with Crippen molar-refractivity contribution in [3.05, 3.63) is 43.4 Å². The molecule has 0 aromatic carbocycles. The van der Waals surface area contributed by atoms with Crippen LogP contribution in [0.1, 0.15) is 23.3 Å². The Hall–Kier alpha value is -2.84. The molecule has 1 aromatic rings. The summed E-state index contributed by atoms with van der Waals surface area (Å²) in [6.07, 6.45) is 5.85. The van der Waals surface area contributed by atoms with Gasteiger partial charge in [0.1, 0.15) is 0 Å². The summed E-state index contributed by atoms with van der Waals surface area (Å²) in [5.74, 6) is -3.38. The van der Waals surface area contributed by atoms with Crippen molar-refractivity contribution < 1.29 is 18.4 Å². The number of carbonyl (C=O) groups excluding carboxylic acids is 2. The highest BCUT2D eigenvalue weighted by molar-refractivity contribution is 5.97. The molecular formula is C21H25F2N5O2. The second-order valence-electron chi connectivity index (χ2n) is 8.39. The van der Waals surface area contributed by atoms with Crippen LogP contribution in [0.2, 0.25) is 0 Å². The van der Waals surface area contributed by atoms with Crippen LogP contribution in [0, 0.1) is 11.3 Å². The number of piperazine rings is 1. The Morgan fingerprint density at radius 3 is 2.30 bits per heavy atom. The molecule has 3 fully saturated rings. The van der Waals surface area contributed by atoms with Crippen molar-refractivity contribution >= 4 is 17.6 Å². The minimum Gasteiger partial charge on any atom is -0.351 e. The molecule has 2 amide bonds. The molecule has 2 saturated heterocycles. The van der Waals surface area contributed by atoms with E-state index in [2.05, 4.69) is 23.1 Å². The molecule has 0 bridgehead atoms. The quantitative estimate of drug-likeness (QED) is 0.541. The lowest BCUT2D eigenvalue weighted by Gasteiger charge is -2.59. The van der Waals surface area contributed by atoms with Crippen LogP contribution in [0.4, 0.5) is 14.6 Å². The lowest BCUT2D eigenvalue weighted by atomic mass is 9.56. The second kappa shape index (κ2) is 7.45. The number of hydrogen-bond acceptors (Lipinski definition) is 5. The van der Waals surface area contributed by atoms with Gasteiger partial charge in [-0.2, -0.15) is 0 Å². The molecule has 9 heteroatoms. The molecule has 0 atom stereocenters. The van der Waals surface area contributed by atoms with Gasteiger partial charge < -0.3 is 14.7 Å². The maximum absolute atomic E-state index is 13.7. The largest absolute Gasteiger partial charge is 0.351 e. The minimum atomic E-state index is -2.84. The number of nitrogens with zero attached hydrogens (tertiary/aromatic N) is 5. The van der Waals surface area contributed by atoms with Crippen molar-refractivity contribution in [2.75, 3.05) is 44.2 Å². The van der Waals surface area contributed by atoms with Crippen molar-refractivity contribution in [1.82, 2.24) is 19.8 Å². The predicted octanol–water partition coefficient (Wildman–Crippen LogP) is 1.98. The Kier molecular flexibility index (Phi) is 5.07. The highest BCUT2D eigenvalue weighted by Gasteiger charge is 2.59. The first kappa shape index (κ1) is 20.4. The van der Waals surface area contributed by atoms with Gasteiger partial charge in [-0.1, -0.05) is 13.2 Å². The van der Waals surface area contributed by atoms with Crippen molar-refractivity contribution in [3.8, 4) is 0 Å². The number of halogens is 2. The Labute approximate surface area is 174 Å². The van der Waals surface area contributed by atoms with Crippen LogP contribution in [-0.2, 0) is 4.79 Å². The zero-order chi connectivity index (χ0) is 21.5. The summed E-state index contributed by atoms with van der Waals surface area (Å²) in [4.78, 5) is 38.7. The summed E-state index contributed by atoms with van der Waals surface area (Å²) in [5, 5.41) is 0. The fourth-order valence-corrected chi connectivity index (χ4v) is 4.72. The average molecular weight is 417 g/mol.